The molecule has 1 unspecified atom stereocenters. The molecule has 0 aromatic heterocycles. The van der Waals surface area contributed by atoms with E-state index in [2.05, 4.69) is 22.9 Å². The summed E-state index contributed by atoms with van der Waals surface area (Å²) < 4.78 is 13.8. The van der Waals surface area contributed by atoms with E-state index in [1.165, 1.54) is 31.4 Å². The molecule has 1 aromatic carbocycles. The third kappa shape index (κ3) is 6.18. The second kappa shape index (κ2) is 7.83. The largest absolute Gasteiger partial charge is 0.393 e. The molecule has 3 heteroatoms. The lowest BCUT2D eigenvalue weighted by Gasteiger charge is -2.10. The molecule has 0 heterocycles. The average molecular weight is 303 g/mol. The van der Waals surface area contributed by atoms with E-state index >= 15 is 0 Å². The first-order valence-corrected chi connectivity index (χ1v) is 7.04. The molecule has 0 fully saturated rings. The lowest BCUT2D eigenvalue weighted by molar-refractivity contribution is 0.161. The lowest BCUT2D eigenvalue weighted by Crippen LogP contribution is -2.10. The van der Waals surface area contributed by atoms with Crippen molar-refractivity contribution in [2.24, 2.45) is 0 Å². The van der Waals surface area contributed by atoms with E-state index in [-0.39, 0.29) is 11.9 Å². The molecule has 96 valence electrons. The zero-order valence-corrected chi connectivity index (χ0v) is 11.8. The minimum Gasteiger partial charge on any atom is -0.393 e. The number of benzene rings is 1. The predicted octanol–water partition coefficient (Wildman–Crippen LogP) is 4.46. The summed E-state index contributed by atoms with van der Waals surface area (Å²) >= 11 is 3.25. The number of aliphatic hydroxyl groups excluding tert-OH is 1. The third-order valence-corrected chi connectivity index (χ3v) is 3.24. The molecular formula is C14H20BrFO. The van der Waals surface area contributed by atoms with Crippen molar-refractivity contribution in [2.45, 2.75) is 51.6 Å². The van der Waals surface area contributed by atoms with Gasteiger partial charge in [-0.15, -0.1) is 0 Å². The van der Waals surface area contributed by atoms with Gasteiger partial charge in [-0.2, -0.15) is 0 Å². The van der Waals surface area contributed by atoms with Gasteiger partial charge in [0.25, 0.3) is 0 Å². The second-order valence-corrected chi connectivity index (χ2v) is 5.40. The Kier molecular flexibility index (Phi) is 6.75. The zero-order chi connectivity index (χ0) is 12.7. The molecule has 0 amide bonds. The van der Waals surface area contributed by atoms with Gasteiger partial charge in [-0.3, -0.25) is 0 Å². The highest BCUT2D eigenvalue weighted by molar-refractivity contribution is 9.10. The standard InChI is InChI=1S/C14H20BrFO/c1-2-3-4-5-6-14(17)9-11-7-12(15)10-13(16)8-11/h7-8,10,14,17H,2-6,9H2,1H3. The van der Waals surface area contributed by atoms with Crippen LogP contribution in [0, 0.1) is 5.82 Å². The predicted molar refractivity (Wildman–Crippen MR) is 72.6 cm³/mol. The molecule has 0 saturated heterocycles. The van der Waals surface area contributed by atoms with Crippen LogP contribution in [-0.2, 0) is 6.42 Å². The number of hydrogen-bond donors (Lipinski definition) is 1. The van der Waals surface area contributed by atoms with Crippen LogP contribution < -0.4 is 0 Å². The molecule has 0 spiro atoms. The molecule has 0 aliphatic heterocycles. The number of unbranched alkanes of at least 4 members (excludes halogenated alkanes) is 3. The summed E-state index contributed by atoms with van der Waals surface area (Å²) in [6.45, 7) is 2.17. The molecular weight excluding hydrogens is 283 g/mol. The van der Waals surface area contributed by atoms with Gasteiger partial charge < -0.3 is 5.11 Å². The van der Waals surface area contributed by atoms with Gasteiger partial charge in [0.15, 0.2) is 0 Å². The van der Waals surface area contributed by atoms with Crippen molar-refractivity contribution in [3.05, 3.63) is 34.1 Å². The van der Waals surface area contributed by atoms with Gasteiger partial charge in [0, 0.05) is 4.47 Å². The van der Waals surface area contributed by atoms with Crippen LogP contribution in [0.5, 0.6) is 0 Å². The Morgan fingerprint density at radius 3 is 2.65 bits per heavy atom. The van der Waals surface area contributed by atoms with Gasteiger partial charge in [-0.25, -0.2) is 4.39 Å². The Balaban J connectivity index is 2.36. The Labute approximate surface area is 111 Å². The van der Waals surface area contributed by atoms with Gasteiger partial charge in [0.05, 0.1) is 6.10 Å². The molecule has 0 aliphatic rings. The summed E-state index contributed by atoms with van der Waals surface area (Å²) in [7, 11) is 0. The molecule has 1 N–H and O–H groups in total. The second-order valence-electron chi connectivity index (χ2n) is 4.48. The highest BCUT2D eigenvalue weighted by Gasteiger charge is 2.07. The molecule has 0 saturated carbocycles. The van der Waals surface area contributed by atoms with E-state index in [0.29, 0.717) is 6.42 Å². The number of aliphatic hydroxyl groups is 1. The molecule has 1 atom stereocenters. The van der Waals surface area contributed by atoms with Gasteiger partial charge in [0.1, 0.15) is 5.82 Å². The zero-order valence-electron chi connectivity index (χ0n) is 10.3. The van der Waals surface area contributed by atoms with Crippen molar-refractivity contribution in [1.29, 1.82) is 0 Å². The van der Waals surface area contributed by atoms with Crippen molar-refractivity contribution in [2.75, 3.05) is 0 Å². The van der Waals surface area contributed by atoms with E-state index in [9.17, 15) is 9.50 Å². The van der Waals surface area contributed by atoms with Gasteiger partial charge in [-0.05, 0) is 36.6 Å². The number of halogens is 2. The first-order valence-electron chi connectivity index (χ1n) is 6.25. The van der Waals surface area contributed by atoms with Crippen molar-refractivity contribution in [3.8, 4) is 0 Å². The summed E-state index contributed by atoms with van der Waals surface area (Å²) in [5, 5.41) is 9.85. The van der Waals surface area contributed by atoms with Crippen LogP contribution in [0.4, 0.5) is 4.39 Å². The molecule has 0 aliphatic carbocycles. The Morgan fingerprint density at radius 2 is 2.00 bits per heavy atom. The lowest BCUT2D eigenvalue weighted by atomic mass is 10.0. The number of hydrogen-bond acceptors (Lipinski definition) is 1. The summed E-state index contributed by atoms with van der Waals surface area (Å²) in [5.41, 5.74) is 0.847. The first kappa shape index (κ1) is 14.7. The fourth-order valence-electron chi connectivity index (χ4n) is 1.91. The molecule has 0 bridgehead atoms. The molecule has 1 aromatic rings. The minimum absolute atomic E-state index is 0.257. The van der Waals surface area contributed by atoms with Crippen LogP contribution in [0.15, 0.2) is 22.7 Å². The maximum absolute atomic E-state index is 13.1. The molecule has 17 heavy (non-hydrogen) atoms. The van der Waals surface area contributed by atoms with Gasteiger partial charge in [0.2, 0.25) is 0 Å². The van der Waals surface area contributed by atoms with Crippen LogP contribution in [-0.4, -0.2) is 11.2 Å². The molecule has 1 rings (SSSR count). The summed E-state index contributed by atoms with van der Waals surface area (Å²) in [5.74, 6) is -0.257. The monoisotopic (exact) mass is 302 g/mol. The fraction of sp³-hybridized carbons (Fsp3) is 0.571. The van der Waals surface area contributed by atoms with Crippen LogP contribution in [0.3, 0.4) is 0 Å². The van der Waals surface area contributed by atoms with E-state index in [0.717, 1.165) is 22.9 Å². The van der Waals surface area contributed by atoms with Gasteiger partial charge in [-0.1, -0.05) is 48.5 Å². The maximum Gasteiger partial charge on any atom is 0.124 e. The van der Waals surface area contributed by atoms with Gasteiger partial charge >= 0.3 is 0 Å². The Morgan fingerprint density at radius 1 is 1.24 bits per heavy atom. The van der Waals surface area contributed by atoms with E-state index in [1.807, 2.05) is 6.07 Å². The van der Waals surface area contributed by atoms with E-state index in [4.69, 9.17) is 0 Å². The van der Waals surface area contributed by atoms with Crippen LogP contribution in [0.25, 0.3) is 0 Å². The summed E-state index contributed by atoms with van der Waals surface area (Å²) in [6.07, 6.45) is 5.61. The quantitative estimate of drug-likeness (QED) is 0.737. The normalized spacial score (nSPS) is 12.7. The van der Waals surface area contributed by atoms with Crippen molar-refractivity contribution in [3.63, 3.8) is 0 Å². The SMILES string of the molecule is CCCCCCC(O)Cc1cc(F)cc(Br)c1. The minimum atomic E-state index is -0.361. The highest BCUT2D eigenvalue weighted by Crippen LogP contribution is 2.17. The van der Waals surface area contributed by atoms with Crippen molar-refractivity contribution in [1.82, 2.24) is 0 Å². The highest BCUT2D eigenvalue weighted by atomic mass is 79.9. The fourth-order valence-corrected chi connectivity index (χ4v) is 2.42. The summed E-state index contributed by atoms with van der Waals surface area (Å²) in [4.78, 5) is 0. The van der Waals surface area contributed by atoms with Crippen LogP contribution >= 0.6 is 15.9 Å². The number of rotatable bonds is 7. The maximum atomic E-state index is 13.1. The first-order chi connectivity index (χ1) is 8.11. The van der Waals surface area contributed by atoms with Crippen molar-refractivity contribution < 1.29 is 9.50 Å². The van der Waals surface area contributed by atoms with Crippen LogP contribution in [0.2, 0.25) is 0 Å². The Hall–Kier alpha value is -0.410. The van der Waals surface area contributed by atoms with E-state index in [1.54, 1.807) is 0 Å². The van der Waals surface area contributed by atoms with Crippen LogP contribution in [0.1, 0.15) is 44.6 Å². The topological polar surface area (TPSA) is 20.2 Å². The molecule has 0 radical (unpaired) electrons. The summed E-state index contributed by atoms with van der Waals surface area (Å²) in [6, 6.07) is 4.77. The molecule has 1 nitrogen and oxygen atoms in total. The Bertz CT molecular complexity index is 321. The smallest absolute Gasteiger partial charge is 0.124 e. The third-order valence-electron chi connectivity index (χ3n) is 2.78. The average Bonchev–Trinajstić information content (AvgIpc) is 2.23. The van der Waals surface area contributed by atoms with Crippen molar-refractivity contribution >= 4 is 15.9 Å². The van der Waals surface area contributed by atoms with E-state index < -0.39 is 0 Å².